The van der Waals surface area contributed by atoms with Crippen LogP contribution < -0.4 is 10.5 Å². The van der Waals surface area contributed by atoms with Gasteiger partial charge in [0.2, 0.25) is 10.0 Å². The van der Waals surface area contributed by atoms with Crippen molar-refractivity contribution in [2.75, 3.05) is 18.9 Å². The summed E-state index contributed by atoms with van der Waals surface area (Å²) >= 11 is 0. The van der Waals surface area contributed by atoms with Gasteiger partial charge in [0.25, 0.3) is 0 Å². The van der Waals surface area contributed by atoms with Crippen LogP contribution in [0.4, 0.5) is 0 Å². The summed E-state index contributed by atoms with van der Waals surface area (Å²) in [6, 6.07) is 0. The number of hydrogen-bond acceptors (Lipinski definition) is 5. The van der Waals surface area contributed by atoms with Gasteiger partial charge in [0, 0.05) is 12.1 Å². The Balaban J connectivity index is 2.35. The Bertz CT molecular complexity index is 389. The number of nitrogens with one attached hydrogen (secondary N) is 1. The van der Waals surface area contributed by atoms with Crippen LogP contribution in [-0.4, -0.2) is 38.8 Å². The second-order valence-corrected chi connectivity index (χ2v) is 7.04. The van der Waals surface area contributed by atoms with Gasteiger partial charge < -0.3 is 10.5 Å². The average Bonchev–Trinajstić information content (AvgIpc) is 2.36. The van der Waals surface area contributed by atoms with Crippen molar-refractivity contribution in [1.82, 2.24) is 4.72 Å². The largest absolute Gasteiger partial charge is 0.466 e. The summed E-state index contributed by atoms with van der Waals surface area (Å²) in [6.07, 6.45) is 4.80. The summed E-state index contributed by atoms with van der Waals surface area (Å²) in [4.78, 5) is 11.1. The third-order valence-electron chi connectivity index (χ3n) is 3.37. The molecule has 0 radical (unpaired) electrons. The van der Waals surface area contributed by atoms with E-state index in [2.05, 4.69) is 4.72 Å². The van der Waals surface area contributed by atoms with E-state index >= 15 is 0 Å². The van der Waals surface area contributed by atoms with E-state index in [4.69, 9.17) is 10.5 Å². The zero-order valence-corrected chi connectivity index (χ0v) is 12.3. The lowest BCUT2D eigenvalue weighted by atomic mass is 9.83. The van der Waals surface area contributed by atoms with Crippen molar-refractivity contribution in [1.29, 1.82) is 0 Å². The summed E-state index contributed by atoms with van der Waals surface area (Å²) in [5.41, 5.74) is 5.72. The maximum atomic E-state index is 11.7. The van der Waals surface area contributed by atoms with Crippen molar-refractivity contribution < 1.29 is 17.9 Å². The van der Waals surface area contributed by atoms with E-state index < -0.39 is 21.5 Å². The second-order valence-electron chi connectivity index (χ2n) is 5.12. The van der Waals surface area contributed by atoms with Crippen LogP contribution in [-0.2, 0) is 19.6 Å². The van der Waals surface area contributed by atoms with E-state index in [-0.39, 0.29) is 25.3 Å². The van der Waals surface area contributed by atoms with Gasteiger partial charge in [-0.1, -0.05) is 19.3 Å². The minimum Gasteiger partial charge on any atom is -0.466 e. The fraction of sp³-hybridized carbons (Fsp3) is 0.917. The van der Waals surface area contributed by atoms with Crippen molar-refractivity contribution in [2.24, 2.45) is 5.73 Å². The second kappa shape index (κ2) is 7.21. The molecule has 1 aliphatic rings. The van der Waals surface area contributed by atoms with E-state index in [0.717, 1.165) is 32.1 Å². The van der Waals surface area contributed by atoms with Crippen LogP contribution in [0.25, 0.3) is 0 Å². The Morgan fingerprint density at radius 2 is 1.95 bits per heavy atom. The SMILES string of the molecule is CCOC(=O)CCS(=O)(=O)NCC1(N)CCCCC1. The molecular weight excluding hydrogens is 268 g/mol. The lowest BCUT2D eigenvalue weighted by molar-refractivity contribution is -0.142. The van der Waals surface area contributed by atoms with Gasteiger partial charge in [-0.15, -0.1) is 0 Å². The van der Waals surface area contributed by atoms with Crippen LogP contribution >= 0.6 is 0 Å². The molecule has 1 aliphatic carbocycles. The van der Waals surface area contributed by atoms with Gasteiger partial charge in [0.05, 0.1) is 18.8 Å². The average molecular weight is 292 g/mol. The molecule has 0 saturated heterocycles. The zero-order valence-electron chi connectivity index (χ0n) is 11.5. The van der Waals surface area contributed by atoms with E-state index in [1.807, 2.05) is 0 Å². The smallest absolute Gasteiger partial charge is 0.306 e. The minimum absolute atomic E-state index is 0.124. The maximum Gasteiger partial charge on any atom is 0.306 e. The van der Waals surface area contributed by atoms with Gasteiger partial charge in [0.1, 0.15) is 0 Å². The van der Waals surface area contributed by atoms with E-state index in [0.29, 0.717) is 0 Å². The molecule has 6 nitrogen and oxygen atoms in total. The molecule has 0 aromatic rings. The molecule has 0 heterocycles. The lowest BCUT2D eigenvalue weighted by Crippen LogP contribution is -2.51. The van der Waals surface area contributed by atoms with E-state index in [9.17, 15) is 13.2 Å². The molecule has 0 aliphatic heterocycles. The summed E-state index contributed by atoms with van der Waals surface area (Å²) in [5, 5.41) is 0. The highest BCUT2D eigenvalue weighted by molar-refractivity contribution is 7.89. The Morgan fingerprint density at radius 3 is 2.53 bits per heavy atom. The molecular formula is C12H24N2O4S. The number of ether oxygens (including phenoxy) is 1. The van der Waals surface area contributed by atoms with Crippen molar-refractivity contribution in [2.45, 2.75) is 51.0 Å². The van der Waals surface area contributed by atoms with Crippen LogP contribution in [0, 0.1) is 0 Å². The Kier molecular flexibility index (Phi) is 6.22. The maximum absolute atomic E-state index is 11.7. The third kappa shape index (κ3) is 6.35. The summed E-state index contributed by atoms with van der Waals surface area (Å²) in [7, 11) is -3.46. The predicted octanol–water partition coefficient (Wildman–Crippen LogP) is 0.521. The molecule has 0 bridgehead atoms. The fourth-order valence-corrected chi connectivity index (χ4v) is 3.30. The number of sulfonamides is 1. The van der Waals surface area contributed by atoms with Gasteiger partial charge in [0.15, 0.2) is 0 Å². The first-order valence-corrected chi connectivity index (χ1v) is 8.44. The monoisotopic (exact) mass is 292 g/mol. The van der Waals surface area contributed by atoms with Gasteiger partial charge in [-0.2, -0.15) is 0 Å². The number of hydrogen-bond donors (Lipinski definition) is 2. The standard InChI is InChI=1S/C12H24N2O4S/c1-2-18-11(15)6-9-19(16,17)14-10-12(13)7-4-3-5-8-12/h14H,2-10,13H2,1H3. The molecule has 0 amide bonds. The molecule has 1 rings (SSSR count). The van der Waals surface area contributed by atoms with Gasteiger partial charge in [-0.25, -0.2) is 13.1 Å². The molecule has 1 fully saturated rings. The quantitative estimate of drug-likeness (QED) is 0.667. The number of rotatable bonds is 7. The van der Waals surface area contributed by atoms with Crippen molar-refractivity contribution in [3.63, 3.8) is 0 Å². The fourth-order valence-electron chi connectivity index (χ4n) is 2.21. The lowest BCUT2D eigenvalue weighted by Gasteiger charge is -2.33. The summed E-state index contributed by atoms with van der Waals surface area (Å²) in [6.45, 7) is 2.20. The highest BCUT2D eigenvalue weighted by atomic mass is 32.2. The molecule has 0 spiro atoms. The normalized spacial score (nSPS) is 19.1. The molecule has 0 unspecified atom stereocenters. The first kappa shape index (κ1) is 16.4. The van der Waals surface area contributed by atoms with E-state index in [1.165, 1.54) is 0 Å². The van der Waals surface area contributed by atoms with Gasteiger partial charge >= 0.3 is 5.97 Å². The highest BCUT2D eigenvalue weighted by Crippen LogP contribution is 2.25. The highest BCUT2D eigenvalue weighted by Gasteiger charge is 2.28. The molecule has 0 aromatic heterocycles. The summed E-state index contributed by atoms with van der Waals surface area (Å²) in [5.74, 6) is -0.741. The Labute approximate surface area is 115 Å². The Hall–Kier alpha value is -0.660. The first-order chi connectivity index (χ1) is 8.87. The molecule has 112 valence electrons. The van der Waals surface area contributed by atoms with Crippen LogP contribution in [0.3, 0.4) is 0 Å². The topological polar surface area (TPSA) is 98.5 Å². The minimum atomic E-state index is -3.46. The number of carbonyl (C=O) groups excluding carboxylic acids is 1. The number of carbonyl (C=O) groups is 1. The number of esters is 1. The van der Waals surface area contributed by atoms with Crippen LogP contribution in [0.1, 0.15) is 45.4 Å². The number of nitrogens with two attached hydrogens (primary N) is 1. The summed E-state index contributed by atoms with van der Waals surface area (Å²) < 4.78 is 30.7. The zero-order chi connectivity index (χ0) is 14.4. The van der Waals surface area contributed by atoms with Crippen LogP contribution in [0.2, 0.25) is 0 Å². The molecule has 0 atom stereocenters. The van der Waals surface area contributed by atoms with Crippen LogP contribution in [0.5, 0.6) is 0 Å². The van der Waals surface area contributed by atoms with E-state index in [1.54, 1.807) is 6.92 Å². The van der Waals surface area contributed by atoms with Gasteiger partial charge in [-0.05, 0) is 19.8 Å². The molecule has 7 heteroatoms. The Morgan fingerprint density at radius 1 is 1.32 bits per heavy atom. The molecule has 0 aromatic carbocycles. The van der Waals surface area contributed by atoms with Crippen molar-refractivity contribution >= 4 is 16.0 Å². The van der Waals surface area contributed by atoms with Crippen LogP contribution in [0.15, 0.2) is 0 Å². The molecule has 19 heavy (non-hydrogen) atoms. The molecule has 1 saturated carbocycles. The third-order valence-corrected chi connectivity index (χ3v) is 4.70. The van der Waals surface area contributed by atoms with Crippen molar-refractivity contribution in [3.8, 4) is 0 Å². The molecule has 3 N–H and O–H groups in total. The van der Waals surface area contributed by atoms with Crippen molar-refractivity contribution in [3.05, 3.63) is 0 Å². The first-order valence-electron chi connectivity index (χ1n) is 6.79. The van der Waals surface area contributed by atoms with Gasteiger partial charge in [-0.3, -0.25) is 4.79 Å². The predicted molar refractivity (Wildman–Crippen MR) is 73.0 cm³/mol.